The van der Waals surface area contributed by atoms with Gasteiger partial charge in [-0.15, -0.1) is 0 Å². The Hall–Kier alpha value is 0.189. The second-order valence-electron chi connectivity index (χ2n) is 3.74. The second kappa shape index (κ2) is 4.95. The molecule has 0 spiro atoms. The number of hydrogen-bond acceptors (Lipinski definition) is 1. The van der Waals surface area contributed by atoms with Gasteiger partial charge in [0.05, 0.1) is 0 Å². The molecule has 0 N–H and O–H groups in total. The van der Waals surface area contributed by atoms with Gasteiger partial charge in [-0.1, -0.05) is 0 Å². The minimum absolute atomic E-state index is 0.103. The molecule has 0 atom stereocenters. The molecule has 0 aliphatic rings. The molecule has 0 bridgehead atoms. The Labute approximate surface area is 76.1 Å². The summed E-state index contributed by atoms with van der Waals surface area (Å²) in [7, 11) is 0. The van der Waals surface area contributed by atoms with Crippen LogP contribution in [-0.4, -0.2) is 19.6 Å². The molecule has 11 heavy (non-hydrogen) atoms. The molecule has 0 amide bonds. The van der Waals surface area contributed by atoms with Gasteiger partial charge in [0.25, 0.3) is 0 Å². The summed E-state index contributed by atoms with van der Waals surface area (Å²) in [6.45, 7) is 8.17. The van der Waals surface area contributed by atoms with Gasteiger partial charge in [0.15, 0.2) is 0 Å². The first-order valence-corrected chi connectivity index (χ1v) is 6.22. The Kier molecular flexibility index (Phi) is 5.03. The molecule has 0 aromatic heterocycles. The summed E-state index contributed by atoms with van der Waals surface area (Å²) in [6.07, 6.45) is 2.42. The van der Waals surface area contributed by atoms with E-state index >= 15 is 0 Å². The van der Waals surface area contributed by atoms with Gasteiger partial charge < -0.3 is 0 Å². The summed E-state index contributed by atoms with van der Waals surface area (Å²) < 4.78 is 0.457. The average Bonchev–Trinajstić information content (AvgIpc) is 1.86. The van der Waals surface area contributed by atoms with Crippen LogP contribution in [0, 0.1) is 5.41 Å². The fourth-order valence-electron chi connectivity index (χ4n) is 0.526. The van der Waals surface area contributed by atoms with Gasteiger partial charge in [0, 0.05) is 0 Å². The van der Waals surface area contributed by atoms with Crippen molar-refractivity contribution in [1.29, 1.82) is 0 Å². The van der Waals surface area contributed by atoms with Crippen molar-refractivity contribution in [2.75, 3.05) is 0 Å². The van der Waals surface area contributed by atoms with Crippen molar-refractivity contribution < 1.29 is 4.79 Å². The van der Waals surface area contributed by atoms with E-state index in [9.17, 15) is 4.79 Å². The molecule has 0 saturated carbocycles. The normalized spacial score (nSPS) is 11.6. The van der Waals surface area contributed by atoms with E-state index in [1.54, 1.807) is 0 Å². The van der Waals surface area contributed by atoms with Crippen molar-refractivity contribution in [3.8, 4) is 0 Å². The first-order valence-electron chi connectivity index (χ1n) is 4.15. The van der Waals surface area contributed by atoms with Crippen molar-refractivity contribution in [2.45, 2.75) is 45.9 Å². The third-order valence-corrected chi connectivity index (χ3v) is 4.21. The van der Waals surface area contributed by atoms with Crippen LogP contribution in [0.4, 0.5) is 0 Å². The number of rotatable bonds is 4. The fraction of sp³-hybridized carbons (Fsp3) is 0.889. The van der Waals surface area contributed by atoms with Crippen LogP contribution in [0.15, 0.2) is 0 Å². The molecule has 0 heterocycles. The van der Waals surface area contributed by atoms with E-state index in [1.165, 1.54) is 12.8 Å². The summed E-state index contributed by atoms with van der Waals surface area (Å²) in [5, 5.41) is 1.12. The van der Waals surface area contributed by atoms with Gasteiger partial charge in [-0.3, -0.25) is 0 Å². The van der Waals surface area contributed by atoms with Gasteiger partial charge in [0.2, 0.25) is 0 Å². The van der Waals surface area contributed by atoms with E-state index in [0.717, 1.165) is 5.32 Å². The molecule has 0 rings (SSSR count). The molecule has 0 unspecified atom stereocenters. The van der Waals surface area contributed by atoms with Crippen molar-refractivity contribution in [3.63, 3.8) is 0 Å². The minimum atomic E-state index is -0.103. The van der Waals surface area contributed by atoms with Crippen LogP contribution in [0.2, 0.25) is 5.32 Å². The standard InChI is InChI=1S/C9H18OSe/c1-5-6-7-11-8(10)9(2,3)4/h5-7H2,1-4H3. The zero-order chi connectivity index (χ0) is 8.91. The average molecular weight is 221 g/mol. The molecule has 0 aliphatic carbocycles. The predicted octanol–water partition coefficient (Wildman–Crippen LogP) is 2.48. The quantitative estimate of drug-likeness (QED) is 0.526. The van der Waals surface area contributed by atoms with Crippen LogP contribution >= 0.6 is 0 Å². The van der Waals surface area contributed by atoms with E-state index < -0.39 is 0 Å². The van der Waals surface area contributed by atoms with Crippen LogP contribution in [-0.2, 0) is 4.79 Å². The Morgan fingerprint density at radius 2 is 1.91 bits per heavy atom. The van der Waals surface area contributed by atoms with E-state index in [4.69, 9.17) is 0 Å². The summed E-state index contributed by atoms with van der Waals surface area (Å²) in [6, 6.07) is 0. The van der Waals surface area contributed by atoms with Gasteiger partial charge >= 0.3 is 75.7 Å². The molecule has 1 nitrogen and oxygen atoms in total. The predicted molar refractivity (Wildman–Crippen MR) is 49.9 cm³/mol. The van der Waals surface area contributed by atoms with Gasteiger partial charge in [-0.25, -0.2) is 0 Å². The topological polar surface area (TPSA) is 17.1 Å². The maximum absolute atomic E-state index is 11.4. The van der Waals surface area contributed by atoms with Gasteiger partial charge in [0.1, 0.15) is 0 Å². The number of carbonyl (C=O) groups excluding carboxylic acids is 1. The van der Waals surface area contributed by atoms with Crippen LogP contribution in [0.3, 0.4) is 0 Å². The molecule has 0 fully saturated rings. The van der Waals surface area contributed by atoms with Crippen molar-refractivity contribution >= 4 is 19.6 Å². The second-order valence-corrected chi connectivity index (χ2v) is 5.98. The molecule has 0 aromatic carbocycles. The van der Waals surface area contributed by atoms with Gasteiger partial charge in [-0.2, -0.15) is 0 Å². The Morgan fingerprint density at radius 3 is 2.27 bits per heavy atom. The molecule has 0 saturated heterocycles. The zero-order valence-electron chi connectivity index (χ0n) is 7.94. The maximum atomic E-state index is 11.4. The molecule has 0 aromatic rings. The Morgan fingerprint density at radius 1 is 1.36 bits per heavy atom. The number of hydrogen-bond donors (Lipinski definition) is 0. The van der Waals surface area contributed by atoms with Gasteiger partial charge in [-0.05, 0) is 0 Å². The summed E-state index contributed by atoms with van der Waals surface area (Å²) in [4.78, 5) is 11.4. The molecular formula is C9H18OSe. The van der Waals surface area contributed by atoms with E-state index in [2.05, 4.69) is 6.92 Å². The summed E-state index contributed by atoms with van der Waals surface area (Å²) in [5.74, 6) is 0. The van der Waals surface area contributed by atoms with Crippen LogP contribution in [0.25, 0.3) is 0 Å². The van der Waals surface area contributed by atoms with E-state index in [-0.39, 0.29) is 20.4 Å². The third-order valence-electron chi connectivity index (χ3n) is 1.34. The first kappa shape index (κ1) is 11.2. The van der Waals surface area contributed by atoms with Crippen molar-refractivity contribution in [3.05, 3.63) is 0 Å². The molecule has 0 radical (unpaired) electrons. The summed E-state index contributed by atoms with van der Waals surface area (Å²) in [5.41, 5.74) is -0.103. The van der Waals surface area contributed by atoms with Crippen molar-refractivity contribution in [2.24, 2.45) is 5.41 Å². The summed E-state index contributed by atoms with van der Waals surface area (Å²) >= 11 is 0.230. The molecular weight excluding hydrogens is 203 g/mol. The van der Waals surface area contributed by atoms with Crippen LogP contribution in [0.1, 0.15) is 40.5 Å². The van der Waals surface area contributed by atoms with Crippen molar-refractivity contribution in [1.82, 2.24) is 0 Å². The first-order chi connectivity index (χ1) is 4.98. The third kappa shape index (κ3) is 5.46. The molecule has 0 aliphatic heterocycles. The monoisotopic (exact) mass is 222 g/mol. The SMILES string of the molecule is CCCC[Se]C(=O)C(C)(C)C. The molecule has 66 valence electrons. The van der Waals surface area contributed by atoms with Crippen LogP contribution < -0.4 is 0 Å². The van der Waals surface area contributed by atoms with E-state index in [1.807, 2.05) is 20.8 Å². The zero-order valence-corrected chi connectivity index (χ0v) is 9.65. The Bertz CT molecular complexity index is 124. The number of carbonyl (C=O) groups is 1. The Balaban J connectivity index is 3.54. The fourth-order valence-corrected chi connectivity index (χ4v) is 2.73. The number of unbranched alkanes of at least 4 members (excludes halogenated alkanes) is 1. The van der Waals surface area contributed by atoms with E-state index in [0.29, 0.717) is 4.68 Å². The molecule has 2 heteroatoms. The van der Waals surface area contributed by atoms with Crippen LogP contribution in [0.5, 0.6) is 0 Å².